The van der Waals surface area contributed by atoms with Crippen LogP contribution in [0, 0.1) is 23.7 Å². The molecule has 300 valence electrons. The second kappa shape index (κ2) is 14.4. The Balaban J connectivity index is 1.30. The van der Waals surface area contributed by atoms with Crippen molar-refractivity contribution in [3.8, 4) is 11.5 Å². The molecular formula is C40H30Cl4F3N5O6. The van der Waals surface area contributed by atoms with E-state index in [0.717, 1.165) is 21.1 Å². The Bertz CT molecular complexity index is 2450. The third kappa shape index (κ3) is 6.06. The number of halogens is 7. The number of alkyl halides is 3. The van der Waals surface area contributed by atoms with Crippen LogP contribution in [0.25, 0.3) is 0 Å². The van der Waals surface area contributed by atoms with E-state index >= 15 is 4.79 Å². The number of carbonyl (C=O) groups is 4. The molecule has 2 N–H and O–H groups in total. The van der Waals surface area contributed by atoms with Crippen LogP contribution in [0.3, 0.4) is 0 Å². The van der Waals surface area contributed by atoms with E-state index in [1.165, 1.54) is 50.6 Å². The smallest absolute Gasteiger partial charge is 0.433 e. The molecule has 11 nitrogen and oxygen atoms in total. The van der Waals surface area contributed by atoms with Crippen molar-refractivity contribution in [3.63, 3.8) is 0 Å². The summed E-state index contributed by atoms with van der Waals surface area (Å²) in [6.07, 6.45) is -3.27. The second-order valence-corrected chi connectivity index (χ2v) is 16.1. The number of phenolic OH excluding ortho intramolecular Hbond substituents is 1. The quantitative estimate of drug-likeness (QED) is 0.139. The summed E-state index contributed by atoms with van der Waals surface area (Å²) < 4.78 is 46.5. The van der Waals surface area contributed by atoms with Gasteiger partial charge in [-0.25, -0.2) is 4.98 Å². The number of aromatic hydroxyl groups is 1. The molecule has 3 aromatic carbocycles. The molecule has 0 spiro atoms. The summed E-state index contributed by atoms with van der Waals surface area (Å²) in [5.41, 5.74) is 1.05. The van der Waals surface area contributed by atoms with Crippen molar-refractivity contribution in [2.24, 2.45) is 23.7 Å². The number of carbonyl (C=O) groups excluding carboxylic acids is 4. The fraction of sp³-hybridized carbons (Fsp3) is 0.275. The lowest BCUT2D eigenvalue weighted by Gasteiger charge is -2.50. The van der Waals surface area contributed by atoms with Gasteiger partial charge in [-0.2, -0.15) is 23.2 Å². The second-order valence-electron chi connectivity index (χ2n) is 14.4. The van der Waals surface area contributed by atoms with E-state index in [0.29, 0.717) is 28.0 Å². The molecule has 1 saturated carbocycles. The van der Waals surface area contributed by atoms with Crippen molar-refractivity contribution in [1.82, 2.24) is 15.0 Å². The number of pyridine rings is 1. The Morgan fingerprint density at radius 2 is 1.57 bits per heavy atom. The van der Waals surface area contributed by atoms with Crippen LogP contribution < -0.4 is 15.2 Å². The average Bonchev–Trinajstić information content (AvgIpc) is 3.56. The van der Waals surface area contributed by atoms with Gasteiger partial charge in [-0.05, 0) is 85.0 Å². The molecule has 8 rings (SSSR count). The van der Waals surface area contributed by atoms with E-state index in [4.69, 9.17) is 51.1 Å². The molecule has 4 aliphatic rings. The van der Waals surface area contributed by atoms with E-state index < -0.39 is 76.3 Å². The number of amides is 4. The summed E-state index contributed by atoms with van der Waals surface area (Å²) in [5.74, 6) is -8.58. The average molecular weight is 876 g/mol. The summed E-state index contributed by atoms with van der Waals surface area (Å²) in [6.45, 7) is 0. The minimum Gasteiger partial charge on any atom is -0.508 e. The molecule has 6 atom stereocenters. The predicted octanol–water partition coefficient (Wildman–Crippen LogP) is 8.46. The first-order valence-electron chi connectivity index (χ1n) is 17.8. The molecule has 4 amide bonds. The zero-order valence-electron chi connectivity index (χ0n) is 30.2. The van der Waals surface area contributed by atoms with Crippen molar-refractivity contribution < 1.29 is 42.2 Å². The third-order valence-electron chi connectivity index (χ3n) is 11.6. The first-order valence-corrected chi connectivity index (χ1v) is 19.3. The van der Waals surface area contributed by atoms with Crippen LogP contribution in [-0.4, -0.2) is 57.9 Å². The normalized spacial score (nSPS) is 25.3. The predicted molar refractivity (Wildman–Crippen MR) is 208 cm³/mol. The molecule has 0 bridgehead atoms. The summed E-state index contributed by atoms with van der Waals surface area (Å²) in [6, 6.07) is 17.0. The van der Waals surface area contributed by atoms with Crippen LogP contribution >= 0.6 is 46.4 Å². The zero-order chi connectivity index (χ0) is 41.6. The van der Waals surface area contributed by atoms with Gasteiger partial charge in [-0.15, -0.1) is 0 Å². The highest BCUT2D eigenvalue weighted by molar-refractivity contribution is 6.36. The van der Waals surface area contributed by atoms with Gasteiger partial charge >= 0.3 is 6.18 Å². The van der Waals surface area contributed by atoms with E-state index in [-0.39, 0.29) is 44.9 Å². The van der Waals surface area contributed by atoms with Crippen molar-refractivity contribution in [3.05, 3.63) is 121 Å². The van der Waals surface area contributed by atoms with Gasteiger partial charge < -0.3 is 9.84 Å². The number of hydrogen-bond acceptors (Lipinski definition) is 9. The summed E-state index contributed by atoms with van der Waals surface area (Å²) >= 11 is 25.5. The number of benzene rings is 3. The maximum absolute atomic E-state index is 15.4. The molecule has 1 aromatic heterocycles. The first kappa shape index (κ1) is 39.8. The van der Waals surface area contributed by atoms with Gasteiger partial charge in [0.05, 0.1) is 46.0 Å². The first-order chi connectivity index (χ1) is 27.5. The van der Waals surface area contributed by atoms with Gasteiger partial charge in [-0.1, -0.05) is 70.2 Å². The summed E-state index contributed by atoms with van der Waals surface area (Å²) in [7, 11) is 2.68. The Labute approximate surface area is 348 Å². The number of hydrogen-bond donors (Lipinski definition) is 2. The molecular weight excluding hydrogens is 845 g/mol. The number of nitrogens with one attached hydrogen (secondary N) is 1. The van der Waals surface area contributed by atoms with Crippen molar-refractivity contribution in [2.45, 2.75) is 30.4 Å². The largest absolute Gasteiger partial charge is 0.508 e. The van der Waals surface area contributed by atoms with Gasteiger partial charge in [-0.3, -0.25) is 29.6 Å². The standard InChI is InChI=1S/C40H30Cl4F3N5O6/c1-50(34-27(43)11-14-31(48-34)40(45,46)47)52-35(54)23-10-9-22-24(32(23)37(52)56)17-26-36(55)51(49-29-12-5-20(42)16-28(29)44)38(57)39(26,18-3-7-21(58-2)8-4-18)33(22)25-15-19(41)6-13-30(25)53/h3-9,11-16,23-24,26,32-33,49,53H,10,17H2,1-2H3. The zero-order valence-corrected chi connectivity index (χ0v) is 33.3. The lowest BCUT2D eigenvalue weighted by molar-refractivity contribution is -0.142. The summed E-state index contributed by atoms with van der Waals surface area (Å²) in [5, 5.41) is 14.5. The number of allylic oxidation sites excluding steroid dienone is 2. The van der Waals surface area contributed by atoms with Gasteiger partial charge in [0, 0.05) is 28.6 Å². The molecule has 18 heteroatoms. The molecule has 58 heavy (non-hydrogen) atoms. The van der Waals surface area contributed by atoms with Gasteiger partial charge in [0.1, 0.15) is 17.2 Å². The lowest BCUT2D eigenvalue weighted by Crippen LogP contribution is -2.53. The number of rotatable bonds is 7. The highest BCUT2D eigenvalue weighted by Crippen LogP contribution is 2.65. The topological polar surface area (TPSA) is 132 Å². The van der Waals surface area contributed by atoms with Crippen LogP contribution in [-0.2, 0) is 30.8 Å². The Morgan fingerprint density at radius 1 is 0.879 bits per heavy atom. The molecule has 2 saturated heterocycles. The molecule has 3 heterocycles. The number of methoxy groups -OCH3 is 1. The third-order valence-corrected chi connectivity index (χ3v) is 12.7. The van der Waals surface area contributed by atoms with Crippen LogP contribution in [0.5, 0.6) is 11.5 Å². The number of phenols is 1. The fourth-order valence-electron chi connectivity index (χ4n) is 9.13. The van der Waals surface area contributed by atoms with E-state index in [2.05, 4.69) is 10.4 Å². The van der Waals surface area contributed by atoms with Crippen LogP contribution in [0.1, 0.15) is 35.6 Å². The Morgan fingerprint density at radius 3 is 2.24 bits per heavy atom. The van der Waals surface area contributed by atoms with Crippen LogP contribution in [0.15, 0.2) is 84.4 Å². The fourth-order valence-corrected chi connectivity index (χ4v) is 9.99. The van der Waals surface area contributed by atoms with Crippen LogP contribution in [0.4, 0.5) is 24.7 Å². The van der Waals surface area contributed by atoms with Crippen molar-refractivity contribution >= 4 is 81.5 Å². The molecule has 6 unspecified atom stereocenters. The number of hydrazine groups is 2. The highest BCUT2D eigenvalue weighted by atomic mass is 35.5. The molecule has 3 fully saturated rings. The number of nitrogens with zero attached hydrogens (tertiary/aromatic N) is 4. The van der Waals surface area contributed by atoms with Crippen molar-refractivity contribution in [2.75, 3.05) is 24.6 Å². The minimum atomic E-state index is -4.85. The maximum atomic E-state index is 15.4. The van der Waals surface area contributed by atoms with Crippen LogP contribution in [0.2, 0.25) is 20.1 Å². The Hall–Kier alpha value is -5.02. The van der Waals surface area contributed by atoms with E-state index in [1.54, 1.807) is 30.3 Å². The molecule has 0 radical (unpaired) electrons. The number of aromatic nitrogens is 1. The minimum absolute atomic E-state index is 0.0269. The Kier molecular flexibility index (Phi) is 9.85. The SMILES string of the molecule is COc1ccc(C23C(=O)N(Nc4ccc(Cl)cc4Cl)C(=O)C2CC2C(=CCC4C(=O)N(N(C)c5nc(C(F)(F)F)ccc5Cl)C(=O)C42)C3c2cc(Cl)ccc2O)cc1. The van der Waals surface area contributed by atoms with Gasteiger partial charge in [0.15, 0.2) is 5.82 Å². The summed E-state index contributed by atoms with van der Waals surface area (Å²) in [4.78, 5) is 62.8. The molecule has 2 aliphatic carbocycles. The lowest BCUT2D eigenvalue weighted by atomic mass is 9.49. The monoisotopic (exact) mass is 873 g/mol. The highest BCUT2D eigenvalue weighted by Gasteiger charge is 2.71. The molecule has 2 aliphatic heterocycles. The van der Waals surface area contributed by atoms with E-state index in [9.17, 15) is 32.7 Å². The maximum Gasteiger partial charge on any atom is 0.433 e. The van der Waals surface area contributed by atoms with Gasteiger partial charge in [0.25, 0.3) is 23.6 Å². The number of fused-ring (bicyclic) bond motifs is 4. The number of imide groups is 2. The molecule has 4 aromatic rings. The number of anilines is 2. The van der Waals surface area contributed by atoms with Crippen molar-refractivity contribution in [1.29, 1.82) is 0 Å². The van der Waals surface area contributed by atoms with E-state index in [1.807, 2.05) is 0 Å². The van der Waals surface area contributed by atoms with Gasteiger partial charge in [0.2, 0.25) is 0 Å². The number of ether oxygens (including phenoxy) is 1.